The van der Waals surface area contributed by atoms with E-state index >= 15 is 0 Å². The number of rotatable bonds is 5. The molecule has 0 spiro atoms. The van der Waals surface area contributed by atoms with Crippen LogP contribution in [0.4, 0.5) is 11.5 Å². The van der Waals surface area contributed by atoms with E-state index < -0.39 is 5.91 Å². The number of carbonyl (C=O) groups is 1. The van der Waals surface area contributed by atoms with Crippen LogP contribution in [0.3, 0.4) is 0 Å². The number of likely N-dealkylation sites (tertiary alicyclic amines) is 1. The summed E-state index contributed by atoms with van der Waals surface area (Å²) < 4.78 is 0. The lowest BCUT2D eigenvalue weighted by molar-refractivity contribution is 0.102. The van der Waals surface area contributed by atoms with E-state index in [0.29, 0.717) is 5.69 Å². The largest absolute Gasteiger partial charge is 0.508 e. The Balaban J connectivity index is 1.52. The molecule has 0 radical (unpaired) electrons. The fourth-order valence-electron chi connectivity index (χ4n) is 3.54. The highest BCUT2D eigenvalue weighted by molar-refractivity contribution is 6.06. The summed E-state index contributed by atoms with van der Waals surface area (Å²) in [4.78, 5) is 23.5. The van der Waals surface area contributed by atoms with E-state index in [1.54, 1.807) is 0 Å². The van der Waals surface area contributed by atoms with Gasteiger partial charge in [-0.2, -0.15) is 0 Å². The van der Waals surface area contributed by atoms with Crippen molar-refractivity contribution in [2.75, 3.05) is 24.1 Å². The Morgan fingerprint density at radius 3 is 2.40 bits per heavy atom. The smallest absolute Gasteiger partial charge is 0.278 e. The van der Waals surface area contributed by atoms with Gasteiger partial charge in [0, 0.05) is 36.0 Å². The highest BCUT2D eigenvalue weighted by atomic mass is 16.3. The third-order valence-electron chi connectivity index (χ3n) is 5.03. The fourth-order valence-corrected chi connectivity index (χ4v) is 3.54. The summed E-state index contributed by atoms with van der Waals surface area (Å²) in [6.07, 6.45) is 4.04. The third kappa shape index (κ3) is 4.49. The monoisotopic (exact) mass is 405 g/mol. The Morgan fingerprint density at radius 2 is 1.73 bits per heavy atom. The summed E-state index contributed by atoms with van der Waals surface area (Å²) in [6, 6.07) is 11.8. The maximum Gasteiger partial charge on any atom is 0.278 e. The van der Waals surface area contributed by atoms with Gasteiger partial charge >= 0.3 is 0 Å². The van der Waals surface area contributed by atoms with Gasteiger partial charge in [-0.15, -0.1) is 0 Å². The second kappa shape index (κ2) is 8.38. The quantitative estimate of drug-likeness (QED) is 0.514. The molecule has 0 bridgehead atoms. The topological polar surface area (TPSA) is 125 Å². The number of hydrogen-bond acceptors (Lipinski definition) is 7. The number of aromatic hydroxyl groups is 2. The Morgan fingerprint density at radius 1 is 1.07 bits per heavy atom. The molecule has 1 aliphatic rings. The zero-order valence-corrected chi connectivity index (χ0v) is 16.4. The van der Waals surface area contributed by atoms with Crippen LogP contribution < -0.4 is 11.1 Å². The molecule has 1 aromatic heterocycles. The molecule has 2 heterocycles. The van der Waals surface area contributed by atoms with E-state index in [9.17, 15) is 15.0 Å². The van der Waals surface area contributed by atoms with Crippen molar-refractivity contribution < 1.29 is 15.0 Å². The number of nitrogens with two attached hydrogens (primary N) is 1. The lowest BCUT2D eigenvalue weighted by Gasteiger charge is -2.14. The van der Waals surface area contributed by atoms with Crippen molar-refractivity contribution in [2.45, 2.75) is 19.4 Å². The molecule has 0 saturated carbocycles. The van der Waals surface area contributed by atoms with Gasteiger partial charge in [0.05, 0.1) is 11.9 Å². The number of benzene rings is 2. The van der Waals surface area contributed by atoms with E-state index in [0.717, 1.165) is 31.3 Å². The molecular weight excluding hydrogens is 382 g/mol. The van der Waals surface area contributed by atoms with E-state index in [-0.39, 0.29) is 28.7 Å². The first-order valence-corrected chi connectivity index (χ1v) is 9.76. The average molecular weight is 405 g/mol. The van der Waals surface area contributed by atoms with Gasteiger partial charge in [0.15, 0.2) is 11.5 Å². The van der Waals surface area contributed by atoms with Crippen LogP contribution in [0.15, 0.2) is 48.7 Å². The lowest BCUT2D eigenvalue weighted by atomic mass is 10.1. The van der Waals surface area contributed by atoms with Crippen molar-refractivity contribution >= 4 is 17.4 Å². The van der Waals surface area contributed by atoms with Crippen LogP contribution in [0.2, 0.25) is 0 Å². The first-order chi connectivity index (χ1) is 14.5. The molecule has 154 valence electrons. The predicted molar refractivity (Wildman–Crippen MR) is 114 cm³/mol. The first kappa shape index (κ1) is 19.7. The normalized spacial score (nSPS) is 14.0. The summed E-state index contributed by atoms with van der Waals surface area (Å²) in [6.45, 7) is 3.21. The van der Waals surface area contributed by atoms with E-state index in [4.69, 9.17) is 5.73 Å². The molecule has 30 heavy (non-hydrogen) atoms. The zero-order valence-electron chi connectivity index (χ0n) is 16.4. The second-order valence-electron chi connectivity index (χ2n) is 7.36. The summed E-state index contributed by atoms with van der Waals surface area (Å²) in [5.74, 6) is -0.942. The number of hydrogen-bond donors (Lipinski definition) is 4. The van der Waals surface area contributed by atoms with Crippen LogP contribution in [-0.2, 0) is 6.54 Å². The van der Waals surface area contributed by atoms with Crippen LogP contribution >= 0.6 is 0 Å². The van der Waals surface area contributed by atoms with E-state index in [2.05, 4.69) is 32.3 Å². The molecule has 1 fully saturated rings. The van der Waals surface area contributed by atoms with Crippen LogP contribution in [0.5, 0.6) is 11.5 Å². The molecule has 8 nitrogen and oxygen atoms in total. The molecule has 3 aromatic rings. The van der Waals surface area contributed by atoms with Gasteiger partial charge in [-0.25, -0.2) is 9.97 Å². The Bertz CT molecular complexity index is 1040. The van der Waals surface area contributed by atoms with Crippen LogP contribution in [0.1, 0.15) is 28.9 Å². The average Bonchev–Trinajstić information content (AvgIpc) is 3.21. The summed E-state index contributed by atoms with van der Waals surface area (Å²) >= 11 is 0. The maximum atomic E-state index is 12.6. The molecule has 5 N–H and O–H groups in total. The number of nitrogens with one attached hydrogen (secondary N) is 1. The number of carbonyl (C=O) groups excluding carboxylic acids is 1. The minimum Gasteiger partial charge on any atom is -0.508 e. The van der Waals surface area contributed by atoms with Gasteiger partial charge < -0.3 is 21.3 Å². The summed E-state index contributed by atoms with van der Waals surface area (Å²) in [5, 5.41) is 21.7. The number of aromatic nitrogens is 2. The van der Waals surface area contributed by atoms with Gasteiger partial charge in [-0.05, 0) is 31.5 Å². The number of anilines is 2. The molecule has 4 rings (SSSR count). The number of nitrogens with zero attached hydrogens (tertiary/aromatic N) is 3. The Kier molecular flexibility index (Phi) is 5.49. The zero-order chi connectivity index (χ0) is 21.1. The van der Waals surface area contributed by atoms with Gasteiger partial charge in [0.1, 0.15) is 11.5 Å². The Labute approximate surface area is 174 Å². The number of amides is 1. The fraction of sp³-hybridized carbons (Fsp3) is 0.227. The van der Waals surface area contributed by atoms with Gasteiger partial charge in [-0.1, -0.05) is 24.3 Å². The minimum atomic E-state index is -0.586. The van der Waals surface area contributed by atoms with Crippen molar-refractivity contribution in [3.8, 4) is 22.8 Å². The second-order valence-corrected chi connectivity index (χ2v) is 7.36. The molecule has 8 heteroatoms. The number of phenols is 2. The van der Waals surface area contributed by atoms with Gasteiger partial charge in [-0.3, -0.25) is 9.69 Å². The highest BCUT2D eigenvalue weighted by Gasteiger charge is 2.16. The summed E-state index contributed by atoms with van der Waals surface area (Å²) in [5.41, 5.74) is 8.63. The molecule has 1 saturated heterocycles. The molecular formula is C22H23N5O3. The van der Waals surface area contributed by atoms with Crippen LogP contribution in [0, 0.1) is 0 Å². The molecule has 0 unspecified atom stereocenters. The minimum absolute atomic E-state index is 0.00808. The number of nitrogen functional groups attached to an aromatic ring is 1. The van der Waals surface area contributed by atoms with E-state index in [1.807, 2.05) is 12.1 Å². The first-order valence-electron chi connectivity index (χ1n) is 9.76. The molecule has 1 aliphatic heterocycles. The highest BCUT2D eigenvalue weighted by Crippen LogP contribution is 2.25. The Hall–Kier alpha value is -3.65. The molecule has 0 atom stereocenters. The standard InChI is InChI=1S/C22H23N5O3/c23-21-20(22(30)25-16-9-17(28)11-18(29)10-16)26-19(12-24-21)15-5-3-14(4-6-15)13-27-7-1-2-8-27/h3-6,9-12,28-29H,1-2,7-8,13H2,(H2,23,24)(H,25,30). The molecule has 1 amide bonds. The molecule has 0 aliphatic carbocycles. The van der Waals surface area contributed by atoms with Crippen molar-refractivity contribution in [1.29, 1.82) is 0 Å². The van der Waals surface area contributed by atoms with Crippen LogP contribution in [-0.4, -0.2) is 44.1 Å². The van der Waals surface area contributed by atoms with E-state index in [1.165, 1.54) is 36.7 Å². The van der Waals surface area contributed by atoms with Crippen molar-refractivity contribution in [3.63, 3.8) is 0 Å². The molecule has 2 aromatic carbocycles. The van der Waals surface area contributed by atoms with Crippen molar-refractivity contribution in [3.05, 3.63) is 59.9 Å². The predicted octanol–water partition coefficient (Wildman–Crippen LogP) is 2.99. The maximum absolute atomic E-state index is 12.6. The van der Waals surface area contributed by atoms with Gasteiger partial charge in [0.2, 0.25) is 0 Å². The third-order valence-corrected chi connectivity index (χ3v) is 5.03. The summed E-state index contributed by atoms with van der Waals surface area (Å²) in [7, 11) is 0. The SMILES string of the molecule is Nc1ncc(-c2ccc(CN3CCCC3)cc2)nc1C(=O)Nc1cc(O)cc(O)c1. The number of phenolic OH excluding ortho intramolecular Hbond substituents is 2. The van der Waals surface area contributed by atoms with Crippen LogP contribution in [0.25, 0.3) is 11.3 Å². The van der Waals surface area contributed by atoms with Gasteiger partial charge in [0.25, 0.3) is 5.91 Å². The van der Waals surface area contributed by atoms with Crippen molar-refractivity contribution in [2.24, 2.45) is 0 Å². The van der Waals surface area contributed by atoms with Crippen molar-refractivity contribution in [1.82, 2.24) is 14.9 Å². The lowest BCUT2D eigenvalue weighted by Crippen LogP contribution is -2.18.